The van der Waals surface area contributed by atoms with Crippen molar-refractivity contribution in [2.24, 2.45) is 0 Å². The molecule has 0 fully saturated rings. The van der Waals surface area contributed by atoms with Gasteiger partial charge in [-0.15, -0.1) is 0 Å². The molecule has 3 rings (SSSR count). The zero-order valence-electron chi connectivity index (χ0n) is 10.7. The van der Waals surface area contributed by atoms with E-state index in [4.69, 9.17) is 9.15 Å². The minimum atomic E-state index is -0.959. The topological polar surface area (TPSA) is 56.5 Å². The van der Waals surface area contributed by atoms with Gasteiger partial charge in [0.25, 0.3) is 0 Å². The second-order valence-corrected chi connectivity index (χ2v) is 4.31. The number of esters is 1. The zero-order chi connectivity index (χ0) is 14.8. The van der Waals surface area contributed by atoms with Gasteiger partial charge < -0.3 is 9.15 Å². The molecule has 21 heavy (non-hydrogen) atoms. The molecule has 0 aliphatic rings. The molecule has 0 spiro atoms. The van der Waals surface area contributed by atoms with E-state index in [1.807, 2.05) is 0 Å². The van der Waals surface area contributed by atoms with Crippen LogP contribution in [0.2, 0.25) is 0 Å². The average molecular weight is 284 g/mol. The summed E-state index contributed by atoms with van der Waals surface area (Å²) in [6, 6.07) is 13.6. The van der Waals surface area contributed by atoms with Gasteiger partial charge in [0, 0.05) is 5.39 Å². The highest BCUT2D eigenvalue weighted by Gasteiger charge is 2.17. The minimum Gasteiger partial charge on any atom is -0.422 e. The molecule has 4 nitrogen and oxygen atoms in total. The third-order valence-corrected chi connectivity index (χ3v) is 2.90. The van der Waals surface area contributed by atoms with E-state index in [0.717, 1.165) is 6.07 Å². The van der Waals surface area contributed by atoms with E-state index in [1.165, 1.54) is 24.3 Å². The third kappa shape index (κ3) is 2.53. The largest absolute Gasteiger partial charge is 0.422 e. The maximum atomic E-state index is 13.4. The van der Waals surface area contributed by atoms with Gasteiger partial charge in [-0.25, -0.2) is 14.0 Å². The second-order valence-electron chi connectivity index (χ2n) is 4.31. The van der Waals surface area contributed by atoms with Crippen LogP contribution in [0.15, 0.2) is 63.8 Å². The minimum absolute atomic E-state index is 0.241. The average Bonchev–Trinajstić information content (AvgIpc) is 2.49. The van der Waals surface area contributed by atoms with Crippen LogP contribution in [0.5, 0.6) is 5.75 Å². The molecule has 0 aliphatic carbocycles. The van der Waals surface area contributed by atoms with E-state index in [0.29, 0.717) is 11.0 Å². The van der Waals surface area contributed by atoms with Crippen LogP contribution in [0.25, 0.3) is 11.0 Å². The number of halogens is 1. The van der Waals surface area contributed by atoms with Gasteiger partial charge in [0.15, 0.2) is 11.6 Å². The normalized spacial score (nSPS) is 10.5. The monoisotopic (exact) mass is 284 g/mol. The number of benzene rings is 2. The molecular formula is C16H9FO4. The van der Waals surface area contributed by atoms with Crippen molar-refractivity contribution in [2.45, 2.75) is 0 Å². The Morgan fingerprint density at radius 2 is 1.76 bits per heavy atom. The molecule has 0 N–H and O–H groups in total. The molecule has 3 aromatic rings. The SMILES string of the molecule is O=C(Oc1ccccc1F)c1cc2ccccc2oc1=O. The maximum absolute atomic E-state index is 13.4. The molecule has 0 saturated carbocycles. The first-order valence-electron chi connectivity index (χ1n) is 6.15. The molecular weight excluding hydrogens is 275 g/mol. The van der Waals surface area contributed by atoms with Crippen LogP contribution in [-0.4, -0.2) is 5.97 Å². The van der Waals surface area contributed by atoms with Gasteiger partial charge in [-0.05, 0) is 24.3 Å². The van der Waals surface area contributed by atoms with Crippen molar-refractivity contribution < 1.29 is 18.3 Å². The summed E-state index contributed by atoms with van der Waals surface area (Å²) in [6.45, 7) is 0. The number of rotatable bonds is 2. The lowest BCUT2D eigenvalue weighted by Crippen LogP contribution is -2.19. The Morgan fingerprint density at radius 3 is 2.57 bits per heavy atom. The molecule has 0 saturated heterocycles. The summed E-state index contributed by atoms with van der Waals surface area (Å²) >= 11 is 0. The van der Waals surface area contributed by atoms with Gasteiger partial charge >= 0.3 is 11.6 Å². The highest BCUT2D eigenvalue weighted by Crippen LogP contribution is 2.18. The molecule has 1 aromatic heterocycles. The Balaban J connectivity index is 2.00. The molecule has 0 unspecified atom stereocenters. The van der Waals surface area contributed by atoms with Gasteiger partial charge in [-0.3, -0.25) is 0 Å². The smallest absolute Gasteiger partial charge is 0.351 e. The zero-order valence-corrected chi connectivity index (χ0v) is 10.7. The van der Waals surface area contributed by atoms with Crippen LogP contribution in [0.3, 0.4) is 0 Å². The first-order valence-corrected chi connectivity index (χ1v) is 6.15. The van der Waals surface area contributed by atoms with Crippen molar-refractivity contribution in [1.29, 1.82) is 0 Å². The summed E-state index contributed by atoms with van der Waals surface area (Å²) in [7, 11) is 0. The lowest BCUT2D eigenvalue weighted by molar-refractivity contribution is 0.0723. The van der Waals surface area contributed by atoms with Crippen molar-refractivity contribution in [3.8, 4) is 5.75 Å². The van der Waals surface area contributed by atoms with E-state index in [-0.39, 0.29) is 11.3 Å². The quantitative estimate of drug-likeness (QED) is 0.412. The van der Waals surface area contributed by atoms with E-state index in [2.05, 4.69) is 0 Å². The Labute approximate surface area is 118 Å². The fraction of sp³-hybridized carbons (Fsp3) is 0. The number of fused-ring (bicyclic) bond motifs is 1. The van der Waals surface area contributed by atoms with E-state index < -0.39 is 17.4 Å². The van der Waals surface area contributed by atoms with Crippen molar-refractivity contribution in [2.75, 3.05) is 0 Å². The van der Waals surface area contributed by atoms with Gasteiger partial charge in [0.05, 0.1) is 0 Å². The summed E-state index contributed by atoms with van der Waals surface area (Å²) in [5, 5.41) is 0.581. The molecule has 0 radical (unpaired) electrons. The predicted molar refractivity (Wildman–Crippen MR) is 73.8 cm³/mol. The number of para-hydroxylation sites is 2. The molecule has 0 amide bonds. The number of hydrogen-bond donors (Lipinski definition) is 0. The van der Waals surface area contributed by atoms with Crippen LogP contribution in [0, 0.1) is 5.82 Å². The molecule has 0 atom stereocenters. The van der Waals surface area contributed by atoms with Gasteiger partial charge in [-0.1, -0.05) is 30.3 Å². The molecule has 1 heterocycles. The van der Waals surface area contributed by atoms with E-state index in [1.54, 1.807) is 24.3 Å². The number of carbonyl (C=O) groups excluding carboxylic acids is 1. The molecule has 0 bridgehead atoms. The lowest BCUT2D eigenvalue weighted by Gasteiger charge is -2.05. The third-order valence-electron chi connectivity index (χ3n) is 2.90. The molecule has 0 aliphatic heterocycles. The van der Waals surface area contributed by atoms with Gasteiger partial charge in [-0.2, -0.15) is 0 Å². The lowest BCUT2D eigenvalue weighted by atomic mass is 10.2. The highest BCUT2D eigenvalue weighted by atomic mass is 19.1. The first-order chi connectivity index (χ1) is 10.1. The summed E-state index contributed by atoms with van der Waals surface area (Å²) in [6.07, 6.45) is 0. The predicted octanol–water partition coefficient (Wildman–Crippen LogP) is 3.15. The Hall–Kier alpha value is -2.95. The first kappa shape index (κ1) is 13.1. The number of carbonyl (C=O) groups is 1. The van der Waals surface area contributed by atoms with E-state index in [9.17, 15) is 14.0 Å². The van der Waals surface area contributed by atoms with E-state index >= 15 is 0 Å². The highest BCUT2D eigenvalue weighted by molar-refractivity contribution is 5.94. The van der Waals surface area contributed by atoms with Crippen LogP contribution in [0.1, 0.15) is 10.4 Å². The summed E-state index contributed by atoms with van der Waals surface area (Å²) in [5.74, 6) is -1.88. The Morgan fingerprint density at radius 1 is 1.05 bits per heavy atom. The molecule has 104 valence electrons. The van der Waals surface area contributed by atoms with Crippen LogP contribution >= 0.6 is 0 Å². The summed E-state index contributed by atoms with van der Waals surface area (Å²) in [4.78, 5) is 23.8. The second kappa shape index (κ2) is 5.20. The Kier molecular flexibility index (Phi) is 3.23. The summed E-state index contributed by atoms with van der Waals surface area (Å²) < 4.78 is 23.4. The van der Waals surface area contributed by atoms with Crippen LogP contribution < -0.4 is 10.4 Å². The van der Waals surface area contributed by atoms with Crippen LogP contribution in [0.4, 0.5) is 4.39 Å². The molecule has 2 aromatic carbocycles. The van der Waals surface area contributed by atoms with Crippen molar-refractivity contribution in [3.05, 3.63) is 76.4 Å². The van der Waals surface area contributed by atoms with Gasteiger partial charge in [0.2, 0.25) is 0 Å². The maximum Gasteiger partial charge on any atom is 0.351 e. The Bertz CT molecular complexity index is 883. The van der Waals surface area contributed by atoms with Crippen molar-refractivity contribution in [1.82, 2.24) is 0 Å². The fourth-order valence-electron chi connectivity index (χ4n) is 1.89. The summed E-state index contributed by atoms with van der Waals surface area (Å²) in [5.41, 5.74) is -0.739. The van der Waals surface area contributed by atoms with Crippen molar-refractivity contribution in [3.63, 3.8) is 0 Å². The van der Waals surface area contributed by atoms with Crippen LogP contribution in [-0.2, 0) is 0 Å². The fourth-order valence-corrected chi connectivity index (χ4v) is 1.89. The van der Waals surface area contributed by atoms with Crippen molar-refractivity contribution >= 4 is 16.9 Å². The van der Waals surface area contributed by atoms with Gasteiger partial charge in [0.1, 0.15) is 11.1 Å². The number of ether oxygens (including phenoxy) is 1. The standard InChI is InChI=1S/C16H9FO4/c17-12-6-2-4-8-14(12)21-16(19)11-9-10-5-1-3-7-13(10)20-15(11)18/h1-9H. The molecule has 5 heteroatoms. The number of hydrogen-bond acceptors (Lipinski definition) is 4.